The van der Waals surface area contributed by atoms with Gasteiger partial charge in [0.05, 0.1) is 0 Å². The average Bonchev–Trinajstić information content (AvgIpc) is 3.02. The van der Waals surface area contributed by atoms with Crippen molar-refractivity contribution < 1.29 is 9.59 Å². The fraction of sp³-hybridized carbons (Fsp3) is 0.786. The quantitative estimate of drug-likeness (QED) is 0.819. The van der Waals surface area contributed by atoms with E-state index in [-0.39, 0.29) is 18.4 Å². The Bertz CT molecular complexity index is 491. The number of rotatable bonds is 6. The van der Waals surface area contributed by atoms with Gasteiger partial charge in [-0.1, -0.05) is 19.3 Å². The van der Waals surface area contributed by atoms with Crippen molar-refractivity contribution in [3.8, 4) is 0 Å². The molecule has 22 heavy (non-hydrogen) atoms. The Hall–Kier alpha value is -1.99. The van der Waals surface area contributed by atoms with Crippen molar-refractivity contribution in [1.82, 2.24) is 30.4 Å². The monoisotopic (exact) mass is 308 g/mol. The second kappa shape index (κ2) is 7.33. The van der Waals surface area contributed by atoms with E-state index in [0.717, 1.165) is 19.3 Å². The van der Waals surface area contributed by atoms with E-state index in [2.05, 4.69) is 20.8 Å². The highest BCUT2D eigenvalue weighted by molar-refractivity contribution is 5.91. The Balaban J connectivity index is 2.11. The third-order valence-electron chi connectivity index (χ3n) is 4.24. The van der Waals surface area contributed by atoms with E-state index >= 15 is 0 Å². The number of carbonyl (C=O) groups excluding carboxylic acids is 2. The van der Waals surface area contributed by atoms with E-state index in [1.165, 1.54) is 11.0 Å². The second-order valence-corrected chi connectivity index (χ2v) is 5.68. The minimum Gasteiger partial charge on any atom is -0.341 e. The summed E-state index contributed by atoms with van der Waals surface area (Å²) in [5, 5.41) is 13.7. The Morgan fingerprint density at radius 2 is 1.91 bits per heavy atom. The first-order chi connectivity index (χ1) is 10.6. The molecule has 2 rings (SSSR count). The lowest BCUT2D eigenvalue weighted by Gasteiger charge is -2.40. The molecule has 0 unspecified atom stereocenters. The molecule has 0 aliphatic heterocycles. The van der Waals surface area contributed by atoms with Gasteiger partial charge >= 0.3 is 0 Å². The highest BCUT2D eigenvalue weighted by Crippen LogP contribution is 2.30. The standard InChI is InChI=1S/C14H24N6O2/c1-3-19(4-2)13(22)14(8-6-5-7-9-14)16-12(21)10-20-11-15-17-18-20/h11H,3-10H2,1-2H3,(H,16,21). The zero-order valence-corrected chi connectivity index (χ0v) is 13.3. The van der Waals surface area contributed by atoms with Crippen molar-refractivity contribution in [3.05, 3.63) is 6.33 Å². The zero-order chi connectivity index (χ0) is 16.0. The molecule has 0 atom stereocenters. The molecular formula is C14H24N6O2. The number of nitrogens with one attached hydrogen (secondary N) is 1. The molecule has 1 aliphatic carbocycles. The fourth-order valence-corrected chi connectivity index (χ4v) is 3.07. The van der Waals surface area contributed by atoms with Gasteiger partial charge in [-0.3, -0.25) is 9.59 Å². The minimum absolute atomic E-state index is 0.0281. The number of aromatic nitrogens is 4. The number of likely N-dealkylation sites (N-methyl/N-ethyl adjacent to an activating group) is 1. The summed E-state index contributed by atoms with van der Waals surface area (Å²) >= 11 is 0. The first-order valence-corrected chi connectivity index (χ1v) is 7.92. The number of tetrazole rings is 1. The smallest absolute Gasteiger partial charge is 0.248 e. The van der Waals surface area contributed by atoms with Gasteiger partial charge in [0.1, 0.15) is 18.4 Å². The molecule has 1 N–H and O–H groups in total. The number of amides is 2. The van der Waals surface area contributed by atoms with E-state index in [1.807, 2.05) is 13.8 Å². The maximum absolute atomic E-state index is 12.9. The number of carbonyl (C=O) groups is 2. The third-order valence-corrected chi connectivity index (χ3v) is 4.24. The zero-order valence-electron chi connectivity index (χ0n) is 13.3. The summed E-state index contributed by atoms with van der Waals surface area (Å²) < 4.78 is 1.35. The molecule has 0 aromatic carbocycles. The summed E-state index contributed by atoms with van der Waals surface area (Å²) in [5.41, 5.74) is -0.768. The van der Waals surface area contributed by atoms with Crippen LogP contribution >= 0.6 is 0 Å². The van der Waals surface area contributed by atoms with Crippen molar-refractivity contribution in [2.45, 2.75) is 58.0 Å². The average molecular weight is 308 g/mol. The minimum atomic E-state index is -0.768. The Kier molecular flexibility index (Phi) is 5.46. The molecule has 8 nitrogen and oxygen atoms in total. The van der Waals surface area contributed by atoms with Gasteiger partial charge in [-0.2, -0.15) is 0 Å². The van der Waals surface area contributed by atoms with Crippen LogP contribution in [0.1, 0.15) is 46.0 Å². The van der Waals surface area contributed by atoms with E-state index in [0.29, 0.717) is 25.9 Å². The van der Waals surface area contributed by atoms with Crippen LogP contribution in [0, 0.1) is 0 Å². The van der Waals surface area contributed by atoms with Crippen LogP contribution in [-0.2, 0) is 16.1 Å². The van der Waals surface area contributed by atoms with Gasteiger partial charge in [-0.15, -0.1) is 5.10 Å². The predicted octanol–water partition coefficient (Wildman–Crippen LogP) is 0.361. The predicted molar refractivity (Wildman–Crippen MR) is 79.7 cm³/mol. The molecule has 1 fully saturated rings. The summed E-state index contributed by atoms with van der Waals surface area (Å²) in [7, 11) is 0. The molecule has 0 bridgehead atoms. The highest BCUT2D eigenvalue weighted by Gasteiger charge is 2.42. The summed E-state index contributed by atoms with van der Waals surface area (Å²) in [4.78, 5) is 27.0. The number of nitrogens with zero attached hydrogens (tertiary/aromatic N) is 5. The molecule has 122 valence electrons. The summed E-state index contributed by atoms with van der Waals surface area (Å²) in [6.07, 6.45) is 5.80. The molecular weight excluding hydrogens is 284 g/mol. The van der Waals surface area contributed by atoms with Crippen molar-refractivity contribution in [2.24, 2.45) is 0 Å². The fourth-order valence-electron chi connectivity index (χ4n) is 3.07. The summed E-state index contributed by atoms with van der Waals surface area (Å²) in [6, 6.07) is 0. The van der Waals surface area contributed by atoms with Crippen molar-refractivity contribution in [2.75, 3.05) is 13.1 Å². The molecule has 0 saturated heterocycles. The topological polar surface area (TPSA) is 93.0 Å². The van der Waals surface area contributed by atoms with Crippen molar-refractivity contribution in [3.63, 3.8) is 0 Å². The van der Waals surface area contributed by atoms with Crippen LogP contribution in [0.5, 0.6) is 0 Å². The molecule has 1 saturated carbocycles. The van der Waals surface area contributed by atoms with E-state index in [4.69, 9.17) is 0 Å². The Morgan fingerprint density at radius 3 is 2.45 bits per heavy atom. The molecule has 1 aliphatic rings. The van der Waals surface area contributed by atoms with Crippen LogP contribution in [0.15, 0.2) is 6.33 Å². The van der Waals surface area contributed by atoms with Crippen LogP contribution < -0.4 is 5.32 Å². The number of hydrogen-bond acceptors (Lipinski definition) is 5. The van der Waals surface area contributed by atoms with Crippen molar-refractivity contribution in [1.29, 1.82) is 0 Å². The SMILES string of the molecule is CCN(CC)C(=O)C1(NC(=O)Cn2cnnn2)CCCCC1. The first-order valence-electron chi connectivity index (χ1n) is 7.92. The first kappa shape index (κ1) is 16.4. The summed E-state index contributed by atoms with van der Waals surface area (Å²) in [6.45, 7) is 5.25. The maximum Gasteiger partial charge on any atom is 0.248 e. The van der Waals surface area contributed by atoms with E-state index in [9.17, 15) is 9.59 Å². The van der Waals surface area contributed by atoms with Gasteiger partial charge in [0.25, 0.3) is 0 Å². The molecule has 1 aromatic heterocycles. The van der Waals surface area contributed by atoms with Gasteiger partial charge in [0.15, 0.2) is 0 Å². The third kappa shape index (κ3) is 3.61. The van der Waals surface area contributed by atoms with Crippen LogP contribution in [0.4, 0.5) is 0 Å². The van der Waals surface area contributed by atoms with Crippen LogP contribution in [0.2, 0.25) is 0 Å². The lowest BCUT2D eigenvalue weighted by atomic mass is 9.80. The van der Waals surface area contributed by atoms with Gasteiger partial charge in [0, 0.05) is 13.1 Å². The van der Waals surface area contributed by atoms with Gasteiger partial charge in [-0.25, -0.2) is 4.68 Å². The molecule has 1 heterocycles. The van der Waals surface area contributed by atoms with Crippen molar-refractivity contribution >= 4 is 11.8 Å². The van der Waals surface area contributed by atoms with E-state index in [1.54, 1.807) is 4.90 Å². The van der Waals surface area contributed by atoms with Crippen LogP contribution in [-0.4, -0.2) is 55.5 Å². The van der Waals surface area contributed by atoms with Crippen LogP contribution in [0.25, 0.3) is 0 Å². The molecule has 1 aromatic rings. The molecule has 2 amide bonds. The summed E-state index contributed by atoms with van der Waals surface area (Å²) in [5.74, 6) is -0.197. The molecule has 0 radical (unpaired) electrons. The van der Waals surface area contributed by atoms with Gasteiger partial charge in [-0.05, 0) is 37.1 Å². The van der Waals surface area contributed by atoms with E-state index < -0.39 is 5.54 Å². The van der Waals surface area contributed by atoms with Crippen LogP contribution in [0.3, 0.4) is 0 Å². The number of hydrogen-bond donors (Lipinski definition) is 1. The second-order valence-electron chi connectivity index (χ2n) is 5.68. The maximum atomic E-state index is 12.9. The largest absolute Gasteiger partial charge is 0.341 e. The van der Waals surface area contributed by atoms with Gasteiger partial charge in [0.2, 0.25) is 11.8 Å². The Morgan fingerprint density at radius 1 is 1.23 bits per heavy atom. The lowest BCUT2D eigenvalue weighted by Crippen LogP contribution is -2.61. The highest BCUT2D eigenvalue weighted by atomic mass is 16.2. The lowest BCUT2D eigenvalue weighted by molar-refractivity contribution is -0.143. The molecule has 8 heteroatoms. The van der Waals surface area contributed by atoms with Gasteiger partial charge < -0.3 is 10.2 Å². The normalized spacial score (nSPS) is 17.0. The molecule has 0 spiro atoms. The Labute approximate surface area is 130 Å².